The Labute approximate surface area is 89.6 Å². The summed E-state index contributed by atoms with van der Waals surface area (Å²) in [4.78, 5) is 28.4. The lowest BCUT2D eigenvalue weighted by Crippen LogP contribution is -2.36. The predicted molar refractivity (Wildman–Crippen MR) is 56.9 cm³/mol. The van der Waals surface area contributed by atoms with Crippen molar-refractivity contribution in [2.45, 2.75) is 17.3 Å². The summed E-state index contributed by atoms with van der Waals surface area (Å²) in [5.74, 6) is 4.71. The van der Waals surface area contributed by atoms with E-state index in [0.29, 0.717) is 0 Å². The molecule has 15 heavy (non-hydrogen) atoms. The minimum Gasteiger partial charge on any atom is -0.383 e. The number of nitrogens with one attached hydrogen (secondary N) is 2. The van der Waals surface area contributed by atoms with Crippen LogP contribution < -0.4 is 22.6 Å². The first-order valence-corrected chi connectivity index (χ1v) is 4.95. The van der Waals surface area contributed by atoms with Crippen LogP contribution in [0.4, 0.5) is 5.82 Å². The van der Waals surface area contributed by atoms with Crippen LogP contribution in [0, 0.1) is 0 Å². The van der Waals surface area contributed by atoms with Gasteiger partial charge in [-0.25, -0.2) is 10.8 Å². The predicted octanol–water partition coefficient (Wildman–Crippen LogP) is -1.18. The SMILES string of the molecule is CC(Sc1nc(N)cc(=O)[nH]1)C(=O)NN. The van der Waals surface area contributed by atoms with E-state index in [2.05, 4.69) is 9.97 Å². The van der Waals surface area contributed by atoms with Crippen molar-refractivity contribution in [2.24, 2.45) is 5.84 Å². The van der Waals surface area contributed by atoms with E-state index >= 15 is 0 Å². The van der Waals surface area contributed by atoms with Gasteiger partial charge in [-0.1, -0.05) is 11.8 Å². The zero-order chi connectivity index (χ0) is 11.4. The van der Waals surface area contributed by atoms with E-state index in [1.54, 1.807) is 6.92 Å². The summed E-state index contributed by atoms with van der Waals surface area (Å²) in [5.41, 5.74) is 7.02. The molecule has 0 saturated heterocycles. The van der Waals surface area contributed by atoms with E-state index in [9.17, 15) is 9.59 Å². The summed E-state index contributed by atoms with van der Waals surface area (Å²) in [6.07, 6.45) is 0. The Hall–Kier alpha value is -1.54. The molecule has 8 heteroatoms. The second-order valence-electron chi connectivity index (χ2n) is 2.74. The van der Waals surface area contributed by atoms with Crippen molar-refractivity contribution >= 4 is 23.5 Å². The van der Waals surface area contributed by atoms with Gasteiger partial charge in [0.05, 0.1) is 5.25 Å². The molecular weight excluding hydrogens is 218 g/mol. The van der Waals surface area contributed by atoms with Crippen molar-refractivity contribution in [1.82, 2.24) is 15.4 Å². The number of carbonyl (C=O) groups is 1. The van der Waals surface area contributed by atoms with E-state index in [-0.39, 0.29) is 22.4 Å². The van der Waals surface area contributed by atoms with E-state index in [0.717, 1.165) is 17.8 Å². The number of hydrogen-bond donors (Lipinski definition) is 4. The molecule has 0 spiro atoms. The van der Waals surface area contributed by atoms with Gasteiger partial charge in [0.1, 0.15) is 5.82 Å². The summed E-state index contributed by atoms with van der Waals surface area (Å²) < 4.78 is 0. The number of H-pyrrole nitrogens is 1. The number of rotatable bonds is 3. The molecule has 1 atom stereocenters. The van der Waals surface area contributed by atoms with Crippen LogP contribution in [0.5, 0.6) is 0 Å². The fourth-order valence-electron chi connectivity index (χ4n) is 0.847. The number of hydrazine groups is 1. The Morgan fingerprint density at radius 3 is 2.93 bits per heavy atom. The van der Waals surface area contributed by atoms with Crippen molar-refractivity contribution in [3.05, 3.63) is 16.4 Å². The highest BCUT2D eigenvalue weighted by molar-refractivity contribution is 8.00. The first kappa shape index (κ1) is 11.5. The molecule has 0 aliphatic heterocycles. The first-order chi connectivity index (χ1) is 7.02. The van der Waals surface area contributed by atoms with Crippen LogP contribution in [0.1, 0.15) is 6.92 Å². The van der Waals surface area contributed by atoms with E-state index in [1.165, 1.54) is 0 Å². The zero-order valence-electron chi connectivity index (χ0n) is 7.98. The molecule has 1 aromatic heterocycles. The second-order valence-corrected chi connectivity index (χ2v) is 4.07. The standard InChI is InChI=1S/C7H11N5O2S/c1-3(6(14)12-9)15-7-10-4(8)2-5(13)11-7/h2-3H,9H2,1H3,(H,12,14)(H3,8,10,11,13). The Morgan fingerprint density at radius 2 is 2.40 bits per heavy atom. The Kier molecular flexibility index (Phi) is 3.69. The van der Waals surface area contributed by atoms with Crippen molar-refractivity contribution in [1.29, 1.82) is 0 Å². The summed E-state index contributed by atoms with van der Waals surface area (Å²) >= 11 is 1.07. The lowest BCUT2D eigenvalue weighted by atomic mass is 10.5. The van der Waals surface area contributed by atoms with E-state index < -0.39 is 5.25 Å². The van der Waals surface area contributed by atoms with Gasteiger partial charge in [-0.15, -0.1) is 0 Å². The lowest BCUT2D eigenvalue weighted by molar-refractivity contribution is -0.120. The smallest absolute Gasteiger partial charge is 0.253 e. The number of hydrogen-bond acceptors (Lipinski definition) is 6. The molecule has 0 aromatic carbocycles. The number of amides is 1. The molecule has 1 amide bonds. The summed E-state index contributed by atoms with van der Waals surface area (Å²) in [6.45, 7) is 1.63. The zero-order valence-corrected chi connectivity index (χ0v) is 8.80. The third-order valence-electron chi connectivity index (χ3n) is 1.54. The minimum atomic E-state index is -0.458. The number of anilines is 1. The van der Waals surface area contributed by atoms with Gasteiger partial charge in [0.25, 0.3) is 5.56 Å². The first-order valence-electron chi connectivity index (χ1n) is 4.07. The minimum absolute atomic E-state index is 0.113. The molecule has 6 N–H and O–H groups in total. The van der Waals surface area contributed by atoms with Crippen LogP contribution in [0.2, 0.25) is 0 Å². The van der Waals surface area contributed by atoms with Gasteiger partial charge in [-0.3, -0.25) is 15.0 Å². The van der Waals surface area contributed by atoms with Gasteiger partial charge in [-0.05, 0) is 6.92 Å². The van der Waals surface area contributed by atoms with Gasteiger partial charge >= 0.3 is 0 Å². The maximum atomic E-state index is 11.1. The highest BCUT2D eigenvalue weighted by atomic mass is 32.2. The van der Waals surface area contributed by atoms with E-state index in [4.69, 9.17) is 11.6 Å². The molecule has 0 bridgehead atoms. The van der Waals surface area contributed by atoms with Crippen LogP contribution >= 0.6 is 11.8 Å². The third kappa shape index (κ3) is 3.26. The molecule has 1 rings (SSSR count). The van der Waals surface area contributed by atoms with Crippen molar-refractivity contribution in [2.75, 3.05) is 5.73 Å². The molecule has 1 unspecified atom stereocenters. The van der Waals surface area contributed by atoms with E-state index in [1.807, 2.05) is 5.43 Å². The maximum absolute atomic E-state index is 11.1. The Morgan fingerprint density at radius 1 is 1.73 bits per heavy atom. The average Bonchev–Trinajstić information content (AvgIpc) is 2.14. The number of nitrogens with zero attached hydrogens (tertiary/aromatic N) is 1. The molecule has 0 saturated carbocycles. The molecule has 0 aliphatic carbocycles. The Balaban J connectivity index is 2.81. The fraction of sp³-hybridized carbons (Fsp3) is 0.286. The quantitative estimate of drug-likeness (QED) is 0.170. The molecule has 0 aliphatic rings. The third-order valence-corrected chi connectivity index (χ3v) is 2.52. The number of aromatic nitrogens is 2. The second kappa shape index (κ2) is 4.80. The van der Waals surface area contributed by atoms with Gasteiger partial charge in [-0.2, -0.15) is 0 Å². The molecule has 82 valence electrons. The molecule has 0 fully saturated rings. The fourth-order valence-corrected chi connectivity index (χ4v) is 1.68. The monoisotopic (exact) mass is 229 g/mol. The molecular formula is C7H11N5O2S. The van der Waals surface area contributed by atoms with Crippen LogP contribution in [0.3, 0.4) is 0 Å². The number of aromatic amines is 1. The highest BCUT2D eigenvalue weighted by Crippen LogP contribution is 2.18. The maximum Gasteiger partial charge on any atom is 0.253 e. The summed E-state index contributed by atoms with van der Waals surface area (Å²) in [6, 6.07) is 1.16. The molecule has 0 radical (unpaired) electrons. The highest BCUT2D eigenvalue weighted by Gasteiger charge is 2.14. The van der Waals surface area contributed by atoms with Crippen molar-refractivity contribution in [3.8, 4) is 0 Å². The van der Waals surface area contributed by atoms with Crippen LogP contribution in [-0.2, 0) is 4.79 Å². The average molecular weight is 229 g/mol. The van der Waals surface area contributed by atoms with Crippen molar-refractivity contribution < 1.29 is 4.79 Å². The van der Waals surface area contributed by atoms with Crippen molar-refractivity contribution in [3.63, 3.8) is 0 Å². The molecule has 1 aromatic rings. The summed E-state index contributed by atoms with van der Waals surface area (Å²) in [7, 11) is 0. The Bertz CT molecular complexity index is 418. The van der Waals surface area contributed by atoms with Gasteiger partial charge in [0.15, 0.2) is 5.16 Å². The van der Waals surface area contributed by atoms with Gasteiger partial charge < -0.3 is 10.7 Å². The van der Waals surface area contributed by atoms with Gasteiger partial charge in [0.2, 0.25) is 5.91 Å². The topological polar surface area (TPSA) is 127 Å². The summed E-state index contributed by atoms with van der Waals surface area (Å²) in [5, 5.41) is -0.170. The molecule has 1 heterocycles. The number of nitrogen functional groups attached to an aromatic ring is 1. The molecule has 7 nitrogen and oxygen atoms in total. The van der Waals surface area contributed by atoms with Crippen LogP contribution in [-0.4, -0.2) is 21.1 Å². The number of thioether (sulfide) groups is 1. The number of carbonyl (C=O) groups excluding carboxylic acids is 1. The normalized spacial score (nSPS) is 12.1. The largest absolute Gasteiger partial charge is 0.383 e. The number of nitrogens with two attached hydrogens (primary N) is 2. The van der Waals surface area contributed by atoms with Gasteiger partial charge in [0, 0.05) is 6.07 Å². The van der Waals surface area contributed by atoms with Crippen LogP contribution in [0.15, 0.2) is 16.0 Å². The van der Waals surface area contributed by atoms with Crippen LogP contribution in [0.25, 0.3) is 0 Å². The lowest BCUT2D eigenvalue weighted by Gasteiger charge is -2.07.